The molecule has 1 aromatic carbocycles. The first-order valence-corrected chi connectivity index (χ1v) is 6.47. The predicted molar refractivity (Wildman–Crippen MR) is 72.0 cm³/mol. The highest BCUT2D eigenvalue weighted by Crippen LogP contribution is 2.14. The second-order valence-electron chi connectivity index (χ2n) is 4.76. The van der Waals surface area contributed by atoms with Crippen molar-refractivity contribution < 1.29 is 13.9 Å². The van der Waals surface area contributed by atoms with Crippen LogP contribution in [0, 0.1) is 5.82 Å². The number of nitrogens with one attached hydrogen (secondary N) is 1. The lowest BCUT2D eigenvalue weighted by Crippen LogP contribution is -2.39. The molecule has 1 heterocycles. The normalized spacial score (nSPS) is 20.1. The van der Waals surface area contributed by atoms with Crippen molar-refractivity contribution in [2.75, 3.05) is 13.2 Å². The molecule has 0 radical (unpaired) electrons. The van der Waals surface area contributed by atoms with Crippen LogP contribution in [-0.4, -0.2) is 25.2 Å². The zero-order valence-corrected chi connectivity index (χ0v) is 11.0. The van der Waals surface area contributed by atoms with E-state index in [0.29, 0.717) is 6.61 Å². The molecule has 0 aliphatic carbocycles. The van der Waals surface area contributed by atoms with Gasteiger partial charge in [0, 0.05) is 12.7 Å². The Morgan fingerprint density at radius 2 is 2.37 bits per heavy atom. The van der Waals surface area contributed by atoms with Crippen LogP contribution in [0.15, 0.2) is 30.3 Å². The number of rotatable bonds is 3. The second-order valence-corrected chi connectivity index (χ2v) is 4.76. The molecular weight excluding hydrogens is 245 g/mol. The van der Waals surface area contributed by atoms with Gasteiger partial charge in [-0.1, -0.05) is 12.1 Å². The van der Waals surface area contributed by atoms with E-state index in [1.54, 1.807) is 19.1 Å². The Kier molecular flexibility index (Phi) is 4.68. The molecule has 1 aliphatic heterocycles. The lowest BCUT2D eigenvalue weighted by Gasteiger charge is -2.22. The highest BCUT2D eigenvalue weighted by molar-refractivity contribution is 5.95. The second kappa shape index (κ2) is 6.48. The van der Waals surface area contributed by atoms with Crippen molar-refractivity contribution in [1.82, 2.24) is 5.32 Å². The average Bonchev–Trinajstić information content (AvgIpc) is 2.39. The molecule has 0 aromatic heterocycles. The number of amides is 1. The summed E-state index contributed by atoms with van der Waals surface area (Å²) in [7, 11) is 0. The Hall–Kier alpha value is -1.68. The minimum absolute atomic E-state index is 0.0813. The molecule has 2 rings (SSSR count). The minimum atomic E-state index is -0.300. The van der Waals surface area contributed by atoms with E-state index in [1.807, 2.05) is 0 Å². The molecule has 3 nitrogen and oxygen atoms in total. The van der Waals surface area contributed by atoms with Gasteiger partial charge in [-0.3, -0.25) is 4.79 Å². The molecule has 19 heavy (non-hydrogen) atoms. The zero-order valence-electron chi connectivity index (χ0n) is 11.0. The molecule has 0 spiro atoms. The highest BCUT2D eigenvalue weighted by Gasteiger charge is 2.15. The first-order chi connectivity index (χ1) is 9.15. The van der Waals surface area contributed by atoms with Crippen LogP contribution in [0.3, 0.4) is 0 Å². The largest absolute Gasteiger partial charge is 0.379 e. The molecule has 1 saturated heterocycles. The summed E-state index contributed by atoms with van der Waals surface area (Å²) in [6.07, 6.45) is 3.42. The molecule has 0 saturated carbocycles. The fourth-order valence-corrected chi connectivity index (χ4v) is 2.11. The van der Waals surface area contributed by atoms with Crippen molar-refractivity contribution in [3.8, 4) is 0 Å². The van der Waals surface area contributed by atoms with E-state index in [-0.39, 0.29) is 17.8 Å². The summed E-state index contributed by atoms with van der Waals surface area (Å²) in [5.74, 6) is -0.455. The molecule has 102 valence electrons. The molecule has 1 fully saturated rings. The topological polar surface area (TPSA) is 38.3 Å². The molecule has 1 amide bonds. The number of benzene rings is 1. The fourth-order valence-electron chi connectivity index (χ4n) is 2.11. The number of allylic oxidation sites excluding steroid dienone is 1. The summed E-state index contributed by atoms with van der Waals surface area (Å²) in [4.78, 5) is 11.8. The van der Waals surface area contributed by atoms with E-state index < -0.39 is 0 Å². The van der Waals surface area contributed by atoms with Crippen LogP contribution in [0.5, 0.6) is 0 Å². The summed E-state index contributed by atoms with van der Waals surface area (Å²) in [5.41, 5.74) is 1.46. The molecule has 0 unspecified atom stereocenters. The lowest BCUT2D eigenvalue weighted by molar-refractivity contribution is -0.118. The Labute approximate surface area is 112 Å². The van der Waals surface area contributed by atoms with Gasteiger partial charge in [0.2, 0.25) is 5.91 Å². The third-order valence-corrected chi connectivity index (χ3v) is 3.13. The smallest absolute Gasteiger partial charge is 0.244 e. The standard InChI is InChI=1S/C15H18FNO2/c1-11(12-4-2-5-13(16)9-12)8-15(18)17-14-6-3-7-19-10-14/h2,4-5,8-9,14H,3,6-7,10H2,1H3,(H,17,18)/b11-8-/t14-/m0/s1. The van der Waals surface area contributed by atoms with Gasteiger partial charge in [-0.2, -0.15) is 0 Å². The van der Waals surface area contributed by atoms with E-state index in [9.17, 15) is 9.18 Å². The van der Waals surface area contributed by atoms with Crippen LogP contribution >= 0.6 is 0 Å². The predicted octanol–water partition coefficient (Wildman–Crippen LogP) is 2.52. The summed E-state index contributed by atoms with van der Waals surface area (Å²) in [6.45, 7) is 3.13. The van der Waals surface area contributed by atoms with Crippen molar-refractivity contribution >= 4 is 11.5 Å². The Morgan fingerprint density at radius 1 is 1.53 bits per heavy atom. The summed E-state index contributed by atoms with van der Waals surface area (Å²) in [5, 5.41) is 2.90. The molecule has 4 heteroatoms. The van der Waals surface area contributed by atoms with Gasteiger partial charge < -0.3 is 10.1 Å². The molecular formula is C15H18FNO2. The Balaban J connectivity index is 1.97. The van der Waals surface area contributed by atoms with E-state index in [2.05, 4.69) is 5.32 Å². The van der Waals surface area contributed by atoms with Crippen LogP contribution in [0.25, 0.3) is 5.57 Å². The number of hydrogen-bond acceptors (Lipinski definition) is 2. The van der Waals surface area contributed by atoms with Gasteiger partial charge in [-0.05, 0) is 43.0 Å². The van der Waals surface area contributed by atoms with Crippen LogP contribution in [0.2, 0.25) is 0 Å². The molecule has 1 atom stereocenters. The van der Waals surface area contributed by atoms with Crippen LogP contribution in [0.1, 0.15) is 25.3 Å². The third kappa shape index (κ3) is 4.17. The molecule has 1 N–H and O–H groups in total. The van der Waals surface area contributed by atoms with E-state index >= 15 is 0 Å². The SMILES string of the molecule is C/C(=C/C(=O)N[C@H]1CCCOC1)c1cccc(F)c1. The fraction of sp³-hybridized carbons (Fsp3) is 0.400. The third-order valence-electron chi connectivity index (χ3n) is 3.13. The van der Waals surface area contributed by atoms with Crippen molar-refractivity contribution in [2.24, 2.45) is 0 Å². The summed E-state index contributed by atoms with van der Waals surface area (Å²) >= 11 is 0. The van der Waals surface area contributed by atoms with Crippen LogP contribution in [-0.2, 0) is 9.53 Å². The Bertz CT molecular complexity index is 479. The van der Waals surface area contributed by atoms with Crippen molar-refractivity contribution in [3.05, 3.63) is 41.7 Å². The van der Waals surface area contributed by atoms with Gasteiger partial charge in [-0.15, -0.1) is 0 Å². The number of carbonyl (C=O) groups excluding carboxylic acids is 1. The lowest BCUT2D eigenvalue weighted by atomic mass is 10.1. The first kappa shape index (κ1) is 13.7. The minimum Gasteiger partial charge on any atom is -0.379 e. The van der Waals surface area contributed by atoms with E-state index in [1.165, 1.54) is 18.2 Å². The summed E-state index contributed by atoms with van der Waals surface area (Å²) < 4.78 is 18.4. The quantitative estimate of drug-likeness (QED) is 0.851. The maximum absolute atomic E-state index is 13.1. The van der Waals surface area contributed by atoms with E-state index in [4.69, 9.17) is 4.74 Å². The van der Waals surface area contributed by atoms with Crippen LogP contribution < -0.4 is 5.32 Å². The number of hydrogen-bond donors (Lipinski definition) is 1. The van der Waals surface area contributed by atoms with Gasteiger partial charge in [0.05, 0.1) is 12.6 Å². The van der Waals surface area contributed by atoms with Gasteiger partial charge in [0.1, 0.15) is 5.82 Å². The van der Waals surface area contributed by atoms with Crippen molar-refractivity contribution in [1.29, 1.82) is 0 Å². The highest BCUT2D eigenvalue weighted by atomic mass is 19.1. The number of carbonyl (C=O) groups is 1. The maximum Gasteiger partial charge on any atom is 0.244 e. The summed E-state index contributed by atoms with van der Waals surface area (Å²) in [6, 6.07) is 6.30. The van der Waals surface area contributed by atoms with Crippen LogP contribution in [0.4, 0.5) is 4.39 Å². The van der Waals surface area contributed by atoms with E-state index in [0.717, 1.165) is 30.6 Å². The maximum atomic E-state index is 13.1. The van der Waals surface area contributed by atoms with Gasteiger partial charge in [0.25, 0.3) is 0 Å². The van der Waals surface area contributed by atoms with Gasteiger partial charge in [0.15, 0.2) is 0 Å². The molecule has 1 aromatic rings. The number of halogens is 1. The molecule has 1 aliphatic rings. The van der Waals surface area contributed by atoms with Gasteiger partial charge in [-0.25, -0.2) is 4.39 Å². The monoisotopic (exact) mass is 263 g/mol. The zero-order chi connectivity index (χ0) is 13.7. The molecule has 0 bridgehead atoms. The number of ether oxygens (including phenoxy) is 1. The van der Waals surface area contributed by atoms with Crippen molar-refractivity contribution in [3.63, 3.8) is 0 Å². The van der Waals surface area contributed by atoms with Crippen molar-refractivity contribution in [2.45, 2.75) is 25.8 Å². The average molecular weight is 263 g/mol. The first-order valence-electron chi connectivity index (χ1n) is 6.47. The van der Waals surface area contributed by atoms with Gasteiger partial charge >= 0.3 is 0 Å². The Morgan fingerprint density at radius 3 is 3.05 bits per heavy atom.